The molecule has 0 aliphatic rings. The van der Waals surface area contributed by atoms with Gasteiger partial charge in [0.25, 0.3) is 5.56 Å². The zero-order valence-corrected chi connectivity index (χ0v) is 16.2. The Morgan fingerprint density at radius 2 is 1.86 bits per heavy atom. The lowest BCUT2D eigenvalue weighted by Gasteiger charge is -2.15. The van der Waals surface area contributed by atoms with Gasteiger partial charge in [0.1, 0.15) is 29.8 Å². The van der Waals surface area contributed by atoms with E-state index in [1.54, 1.807) is 17.6 Å². The fraction of sp³-hybridized carbons (Fsp3) is 0.182. The van der Waals surface area contributed by atoms with Gasteiger partial charge in [-0.25, -0.2) is 13.8 Å². The van der Waals surface area contributed by atoms with E-state index in [4.69, 9.17) is 4.74 Å². The van der Waals surface area contributed by atoms with Crippen molar-refractivity contribution < 1.29 is 13.5 Å². The summed E-state index contributed by atoms with van der Waals surface area (Å²) in [7, 11) is 0. The Labute approximate surface area is 165 Å². The summed E-state index contributed by atoms with van der Waals surface area (Å²) in [4.78, 5) is 20.4. The molecular formula is C22H19F2N3O2. The maximum Gasteiger partial charge on any atom is 0.259 e. The molecular weight excluding hydrogens is 376 g/mol. The molecule has 0 radical (unpaired) electrons. The number of fused-ring (bicyclic) bond motifs is 1. The summed E-state index contributed by atoms with van der Waals surface area (Å²) < 4.78 is 34.0. The van der Waals surface area contributed by atoms with Crippen LogP contribution >= 0.6 is 0 Å². The molecule has 0 fully saturated rings. The zero-order chi connectivity index (χ0) is 20.7. The number of pyridine rings is 1. The maximum absolute atomic E-state index is 13.8. The predicted octanol–water partition coefficient (Wildman–Crippen LogP) is 4.50. The van der Waals surface area contributed by atoms with Crippen molar-refractivity contribution in [2.75, 3.05) is 0 Å². The molecule has 148 valence electrons. The lowest BCUT2D eigenvalue weighted by atomic mass is 10.1. The first kappa shape index (κ1) is 18.9. The fourth-order valence-corrected chi connectivity index (χ4v) is 3.38. The Bertz CT molecular complexity index is 1290. The molecule has 2 heterocycles. The molecule has 7 heteroatoms. The number of H-pyrrole nitrogens is 1. The molecule has 0 saturated carbocycles. The summed E-state index contributed by atoms with van der Waals surface area (Å²) in [5, 5.41) is 0. The van der Waals surface area contributed by atoms with Crippen molar-refractivity contribution in [1.29, 1.82) is 0 Å². The van der Waals surface area contributed by atoms with Crippen LogP contribution < -0.4 is 10.3 Å². The molecule has 0 amide bonds. The average Bonchev–Trinajstić information content (AvgIpc) is 2.99. The van der Waals surface area contributed by atoms with Crippen LogP contribution in [0.15, 0.2) is 47.3 Å². The highest BCUT2D eigenvalue weighted by Crippen LogP contribution is 2.23. The molecule has 2 aromatic heterocycles. The standard InChI is InChI=1S/C22H19F2N3O2/c1-12-6-19-20(26-14(3)25-19)10-21(12)27-13(2)7-17(9-22(27)28)29-11-15-4-5-16(23)8-18(15)24/h4-10H,11H2,1-3H3,(H,25,26). The quantitative estimate of drug-likeness (QED) is 0.554. The second kappa shape index (κ2) is 7.16. The number of rotatable bonds is 4. The van der Waals surface area contributed by atoms with E-state index in [-0.39, 0.29) is 17.7 Å². The molecule has 2 aromatic carbocycles. The van der Waals surface area contributed by atoms with Crippen LogP contribution in [-0.4, -0.2) is 14.5 Å². The molecule has 29 heavy (non-hydrogen) atoms. The summed E-state index contributed by atoms with van der Waals surface area (Å²) in [6.45, 7) is 5.50. The first-order valence-electron chi connectivity index (χ1n) is 9.09. The highest BCUT2D eigenvalue weighted by Gasteiger charge is 2.12. The maximum atomic E-state index is 13.8. The molecule has 0 aliphatic heterocycles. The smallest absolute Gasteiger partial charge is 0.259 e. The number of hydrogen-bond acceptors (Lipinski definition) is 3. The lowest BCUT2D eigenvalue weighted by molar-refractivity contribution is 0.298. The number of imidazole rings is 1. The number of benzene rings is 2. The van der Waals surface area contributed by atoms with Gasteiger partial charge in [-0.05, 0) is 50.6 Å². The van der Waals surface area contributed by atoms with E-state index in [0.29, 0.717) is 11.4 Å². The SMILES string of the molecule is Cc1nc2cc(C)c(-n3c(C)cc(OCc4ccc(F)cc4F)cc3=O)cc2[nH]1. The highest BCUT2D eigenvalue weighted by molar-refractivity contribution is 5.79. The van der Waals surface area contributed by atoms with Gasteiger partial charge in [-0.15, -0.1) is 0 Å². The Morgan fingerprint density at radius 1 is 1.07 bits per heavy atom. The topological polar surface area (TPSA) is 59.9 Å². The average molecular weight is 395 g/mol. The van der Waals surface area contributed by atoms with E-state index in [1.807, 2.05) is 26.0 Å². The van der Waals surface area contributed by atoms with Crippen LogP contribution in [0.1, 0.15) is 22.6 Å². The summed E-state index contributed by atoms with van der Waals surface area (Å²) >= 11 is 0. The van der Waals surface area contributed by atoms with Gasteiger partial charge in [0, 0.05) is 29.5 Å². The van der Waals surface area contributed by atoms with Gasteiger partial charge in [0.2, 0.25) is 0 Å². The van der Waals surface area contributed by atoms with Gasteiger partial charge >= 0.3 is 0 Å². The molecule has 0 aliphatic carbocycles. The molecule has 1 N–H and O–H groups in total. The van der Waals surface area contributed by atoms with Crippen LogP contribution in [0.5, 0.6) is 5.75 Å². The molecule has 4 rings (SSSR count). The number of aromatic nitrogens is 3. The first-order valence-corrected chi connectivity index (χ1v) is 9.09. The molecule has 0 bridgehead atoms. The largest absolute Gasteiger partial charge is 0.489 e. The van der Waals surface area contributed by atoms with Gasteiger partial charge in [-0.2, -0.15) is 0 Å². The first-order chi connectivity index (χ1) is 13.8. The van der Waals surface area contributed by atoms with Crippen LogP contribution in [0.3, 0.4) is 0 Å². The van der Waals surface area contributed by atoms with Gasteiger partial charge in [0.15, 0.2) is 0 Å². The number of nitrogens with zero attached hydrogens (tertiary/aromatic N) is 2. The van der Waals surface area contributed by atoms with Crippen molar-refractivity contribution in [2.24, 2.45) is 0 Å². The van der Waals surface area contributed by atoms with E-state index in [2.05, 4.69) is 9.97 Å². The molecule has 4 aromatic rings. The predicted molar refractivity (Wildman–Crippen MR) is 107 cm³/mol. The number of hydrogen-bond donors (Lipinski definition) is 1. The van der Waals surface area contributed by atoms with E-state index in [1.165, 1.54) is 18.2 Å². The number of halogens is 2. The van der Waals surface area contributed by atoms with E-state index < -0.39 is 11.6 Å². The van der Waals surface area contributed by atoms with Crippen molar-refractivity contribution in [3.8, 4) is 11.4 Å². The number of nitrogens with one attached hydrogen (secondary N) is 1. The monoisotopic (exact) mass is 395 g/mol. The Kier molecular flexibility index (Phi) is 4.66. The third kappa shape index (κ3) is 3.63. The fourth-order valence-electron chi connectivity index (χ4n) is 3.38. The second-order valence-electron chi connectivity index (χ2n) is 7.01. The minimum absolute atomic E-state index is 0.104. The third-order valence-electron chi connectivity index (χ3n) is 4.76. The Balaban J connectivity index is 1.67. The summed E-state index contributed by atoms with van der Waals surface area (Å²) in [5.74, 6) is -0.209. The van der Waals surface area contributed by atoms with Crippen molar-refractivity contribution >= 4 is 11.0 Å². The minimum Gasteiger partial charge on any atom is -0.489 e. The van der Waals surface area contributed by atoms with E-state index in [0.717, 1.165) is 34.2 Å². The van der Waals surface area contributed by atoms with Gasteiger partial charge in [-0.1, -0.05) is 0 Å². The second-order valence-corrected chi connectivity index (χ2v) is 7.01. The third-order valence-corrected chi connectivity index (χ3v) is 4.76. The van der Waals surface area contributed by atoms with Crippen molar-refractivity contribution in [1.82, 2.24) is 14.5 Å². The van der Waals surface area contributed by atoms with Crippen molar-refractivity contribution in [3.05, 3.63) is 87.1 Å². The summed E-state index contributed by atoms with van der Waals surface area (Å²) in [5.41, 5.74) is 3.97. The summed E-state index contributed by atoms with van der Waals surface area (Å²) in [6, 6.07) is 10.2. The minimum atomic E-state index is -0.686. The normalized spacial score (nSPS) is 11.2. The zero-order valence-electron chi connectivity index (χ0n) is 16.2. The van der Waals surface area contributed by atoms with Crippen molar-refractivity contribution in [2.45, 2.75) is 27.4 Å². The van der Waals surface area contributed by atoms with Crippen molar-refractivity contribution in [3.63, 3.8) is 0 Å². The van der Waals surface area contributed by atoms with Crippen LogP contribution in [-0.2, 0) is 6.61 Å². The summed E-state index contributed by atoms with van der Waals surface area (Å²) in [6.07, 6.45) is 0. The van der Waals surface area contributed by atoms with Gasteiger partial charge in [0.05, 0.1) is 16.7 Å². The van der Waals surface area contributed by atoms with Gasteiger partial charge in [-0.3, -0.25) is 9.36 Å². The molecule has 5 nitrogen and oxygen atoms in total. The lowest BCUT2D eigenvalue weighted by Crippen LogP contribution is -2.20. The Hall–Kier alpha value is -3.48. The van der Waals surface area contributed by atoms with Gasteiger partial charge < -0.3 is 9.72 Å². The molecule has 0 unspecified atom stereocenters. The van der Waals surface area contributed by atoms with Crippen LogP contribution in [0.25, 0.3) is 16.7 Å². The van der Waals surface area contributed by atoms with Crippen LogP contribution in [0, 0.1) is 32.4 Å². The van der Waals surface area contributed by atoms with Crippen LogP contribution in [0.2, 0.25) is 0 Å². The Morgan fingerprint density at radius 3 is 2.59 bits per heavy atom. The van der Waals surface area contributed by atoms with Crippen LogP contribution in [0.4, 0.5) is 8.78 Å². The molecule has 0 atom stereocenters. The van der Waals surface area contributed by atoms with E-state index >= 15 is 0 Å². The van der Waals surface area contributed by atoms with E-state index in [9.17, 15) is 13.6 Å². The highest BCUT2D eigenvalue weighted by atomic mass is 19.1. The number of aryl methyl sites for hydroxylation is 3. The molecule has 0 saturated heterocycles. The number of aromatic amines is 1. The molecule has 0 spiro atoms. The number of ether oxygens (including phenoxy) is 1.